The largest absolute Gasteiger partial charge is 0.438 e. The SMILES string of the molecule is CCN(CC)c1ccc2cc(C(=O)N[C@H](C)c3ccc(C)cc3)c(=N)oc2c1. The van der Waals surface area contributed by atoms with E-state index in [9.17, 15) is 4.79 Å². The van der Waals surface area contributed by atoms with Crippen molar-refractivity contribution in [3.8, 4) is 0 Å². The molecule has 0 spiro atoms. The Kier molecular flexibility index (Phi) is 5.83. The molecule has 146 valence electrons. The fourth-order valence-electron chi connectivity index (χ4n) is 3.28. The fraction of sp³-hybridized carbons (Fsp3) is 0.304. The molecule has 1 aromatic heterocycles. The maximum Gasteiger partial charge on any atom is 0.257 e. The van der Waals surface area contributed by atoms with E-state index in [1.807, 2.05) is 56.3 Å². The number of nitrogens with zero attached hydrogens (tertiary/aromatic N) is 1. The number of nitrogens with one attached hydrogen (secondary N) is 2. The van der Waals surface area contributed by atoms with Crippen molar-refractivity contribution >= 4 is 22.6 Å². The maximum atomic E-state index is 12.7. The molecule has 0 aliphatic carbocycles. The standard InChI is InChI=1S/C23H27N3O2/c1-5-26(6-2)19-12-11-18-13-20(22(24)28-21(18)14-19)23(27)25-16(4)17-9-7-15(3)8-10-17/h7-14,16,24H,5-6H2,1-4H3,(H,25,27)/t16-/m1/s1. The number of carbonyl (C=O) groups is 1. The van der Waals surface area contributed by atoms with Gasteiger partial charge in [0.15, 0.2) is 0 Å². The first-order valence-electron chi connectivity index (χ1n) is 9.67. The molecule has 1 amide bonds. The van der Waals surface area contributed by atoms with Gasteiger partial charge in [0, 0.05) is 30.2 Å². The average molecular weight is 377 g/mol. The van der Waals surface area contributed by atoms with Crippen LogP contribution < -0.4 is 15.8 Å². The highest BCUT2D eigenvalue weighted by atomic mass is 16.3. The second-order valence-electron chi connectivity index (χ2n) is 6.99. The lowest BCUT2D eigenvalue weighted by atomic mass is 10.1. The lowest BCUT2D eigenvalue weighted by molar-refractivity contribution is 0.0935. The molecule has 3 rings (SSSR count). The summed E-state index contributed by atoms with van der Waals surface area (Å²) in [6.45, 7) is 9.95. The summed E-state index contributed by atoms with van der Waals surface area (Å²) in [5.74, 6) is -0.309. The molecule has 3 aromatic rings. The molecular formula is C23H27N3O2. The molecule has 0 radical (unpaired) electrons. The van der Waals surface area contributed by atoms with Crippen LogP contribution in [-0.4, -0.2) is 19.0 Å². The van der Waals surface area contributed by atoms with E-state index in [0.717, 1.165) is 29.7 Å². The first-order chi connectivity index (χ1) is 13.4. The highest BCUT2D eigenvalue weighted by molar-refractivity contribution is 5.97. The van der Waals surface area contributed by atoms with E-state index in [4.69, 9.17) is 9.83 Å². The molecule has 5 heteroatoms. The molecule has 0 aliphatic rings. The molecule has 0 saturated carbocycles. The predicted octanol–water partition coefficient (Wildman–Crippen LogP) is 4.56. The number of amides is 1. The Morgan fingerprint density at radius 2 is 1.79 bits per heavy atom. The van der Waals surface area contributed by atoms with E-state index in [2.05, 4.69) is 24.1 Å². The van der Waals surface area contributed by atoms with Crippen molar-refractivity contribution in [3.05, 3.63) is 70.8 Å². The molecular weight excluding hydrogens is 350 g/mol. The third-order valence-electron chi connectivity index (χ3n) is 5.05. The van der Waals surface area contributed by atoms with Crippen LogP contribution in [0.5, 0.6) is 0 Å². The summed E-state index contributed by atoms with van der Waals surface area (Å²) >= 11 is 0. The van der Waals surface area contributed by atoms with Crippen LogP contribution >= 0.6 is 0 Å². The minimum absolute atomic E-state index is 0.127. The van der Waals surface area contributed by atoms with Gasteiger partial charge >= 0.3 is 0 Å². The summed E-state index contributed by atoms with van der Waals surface area (Å²) in [5, 5.41) is 12.0. The minimum Gasteiger partial charge on any atom is -0.438 e. The van der Waals surface area contributed by atoms with Crippen molar-refractivity contribution in [1.82, 2.24) is 5.32 Å². The molecule has 2 N–H and O–H groups in total. The number of anilines is 1. The van der Waals surface area contributed by atoms with Gasteiger partial charge in [-0.15, -0.1) is 0 Å². The third kappa shape index (κ3) is 4.09. The Balaban J connectivity index is 1.87. The Morgan fingerprint density at radius 3 is 2.43 bits per heavy atom. The Hall–Kier alpha value is -3.08. The first kappa shape index (κ1) is 19.7. The molecule has 0 bridgehead atoms. The Morgan fingerprint density at radius 1 is 1.11 bits per heavy atom. The van der Waals surface area contributed by atoms with Gasteiger partial charge in [-0.3, -0.25) is 10.2 Å². The summed E-state index contributed by atoms with van der Waals surface area (Å²) in [4.78, 5) is 14.9. The second kappa shape index (κ2) is 8.30. The van der Waals surface area contributed by atoms with Crippen LogP contribution in [0.3, 0.4) is 0 Å². The predicted molar refractivity (Wildman–Crippen MR) is 113 cm³/mol. The van der Waals surface area contributed by atoms with Gasteiger partial charge in [-0.25, -0.2) is 0 Å². The van der Waals surface area contributed by atoms with Crippen molar-refractivity contribution in [2.75, 3.05) is 18.0 Å². The number of fused-ring (bicyclic) bond motifs is 1. The monoisotopic (exact) mass is 377 g/mol. The first-order valence-corrected chi connectivity index (χ1v) is 9.67. The number of hydrogen-bond donors (Lipinski definition) is 2. The van der Waals surface area contributed by atoms with Gasteiger partial charge in [-0.2, -0.15) is 0 Å². The number of benzene rings is 2. The number of carbonyl (C=O) groups excluding carboxylic acids is 1. The zero-order chi connectivity index (χ0) is 20.3. The van der Waals surface area contributed by atoms with Gasteiger partial charge in [0.2, 0.25) is 5.55 Å². The summed E-state index contributed by atoms with van der Waals surface area (Å²) < 4.78 is 5.68. The normalized spacial score (nSPS) is 12.0. The van der Waals surface area contributed by atoms with Gasteiger partial charge < -0.3 is 14.6 Å². The highest BCUT2D eigenvalue weighted by Crippen LogP contribution is 2.22. The summed E-state index contributed by atoms with van der Waals surface area (Å²) in [5.41, 5.74) is 3.96. The number of rotatable bonds is 6. The summed E-state index contributed by atoms with van der Waals surface area (Å²) in [6.07, 6.45) is 0. The van der Waals surface area contributed by atoms with Crippen molar-refractivity contribution < 1.29 is 9.21 Å². The number of aryl methyl sites for hydroxylation is 1. The smallest absolute Gasteiger partial charge is 0.257 e. The quantitative estimate of drug-likeness (QED) is 0.662. The van der Waals surface area contributed by atoms with E-state index in [1.165, 1.54) is 5.56 Å². The lowest BCUT2D eigenvalue weighted by Crippen LogP contribution is -2.30. The molecule has 28 heavy (non-hydrogen) atoms. The van der Waals surface area contributed by atoms with Gasteiger partial charge in [-0.05, 0) is 51.5 Å². The molecule has 0 saturated heterocycles. The van der Waals surface area contributed by atoms with E-state index in [-0.39, 0.29) is 23.1 Å². The third-order valence-corrected chi connectivity index (χ3v) is 5.05. The van der Waals surface area contributed by atoms with Crippen LogP contribution in [0.25, 0.3) is 11.0 Å². The minimum atomic E-state index is -0.309. The van der Waals surface area contributed by atoms with Crippen molar-refractivity contribution in [2.45, 2.75) is 33.7 Å². The summed E-state index contributed by atoms with van der Waals surface area (Å²) in [7, 11) is 0. The molecule has 1 atom stereocenters. The van der Waals surface area contributed by atoms with Crippen LogP contribution in [-0.2, 0) is 0 Å². The fourth-order valence-corrected chi connectivity index (χ4v) is 3.28. The molecule has 2 aromatic carbocycles. The van der Waals surface area contributed by atoms with E-state index < -0.39 is 0 Å². The van der Waals surface area contributed by atoms with Crippen LogP contribution in [0.15, 0.2) is 52.9 Å². The average Bonchev–Trinajstić information content (AvgIpc) is 2.68. The van der Waals surface area contributed by atoms with Crippen molar-refractivity contribution in [2.24, 2.45) is 0 Å². The Bertz CT molecular complexity index is 1030. The van der Waals surface area contributed by atoms with E-state index >= 15 is 0 Å². The van der Waals surface area contributed by atoms with E-state index in [1.54, 1.807) is 6.07 Å². The highest BCUT2D eigenvalue weighted by Gasteiger charge is 2.16. The van der Waals surface area contributed by atoms with Crippen LogP contribution in [0.1, 0.15) is 48.3 Å². The zero-order valence-corrected chi connectivity index (χ0v) is 16.9. The molecule has 0 aliphatic heterocycles. The molecule has 0 fully saturated rings. The van der Waals surface area contributed by atoms with E-state index in [0.29, 0.717) is 5.58 Å². The van der Waals surface area contributed by atoms with Crippen LogP contribution in [0.2, 0.25) is 0 Å². The molecule has 5 nitrogen and oxygen atoms in total. The molecule has 1 heterocycles. The number of hydrogen-bond acceptors (Lipinski definition) is 4. The van der Waals surface area contributed by atoms with Gasteiger partial charge in [0.05, 0.1) is 6.04 Å². The topological polar surface area (TPSA) is 69.3 Å². The van der Waals surface area contributed by atoms with Gasteiger partial charge in [-0.1, -0.05) is 29.8 Å². The van der Waals surface area contributed by atoms with Crippen LogP contribution in [0, 0.1) is 12.3 Å². The van der Waals surface area contributed by atoms with Crippen molar-refractivity contribution in [1.29, 1.82) is 5.41 Å². The van der Waals surface area contributed by atoms with Gasteiger partial charge in [0.1, 0.15) is 11.1 Å². The lowest BCUT2D eigenvalue weighted by Gasteiger charge is -2.21. The second-order valence-corrected chi connectivity index (χ2v) is 6.99. The van der Waals surface area contributed by atoms with Gasteiger partial charge in [0.25, 0.3) is 5.91 Å². The summed E-state index contributed by atoms with van der Waals surface area (Å²) in [6, 6.07) is 15.5. The van der Waals surface area contributed by atoms with Crippen molar-refractivity contribution in [3.63, 3.8) is 0 Å². The molecule has 0 unspecified atom stereocenters. The Labute approximate surface area is 165 Å². The van der Waals surface area contributed by atoms with Crippen LogP contribution in [0.4, 0.5) is 5.69 Å². The zero-order valence-electron chi connectivity index (χ0n) is 16.9. The maximum absolute atomic E-state index is 12.7.